The van der Waals surface area contributed by atoms with Crippen molar-refractivity contribution in [1.29, 1.82) is 0 Å². The number of carbonyl (C=O) groups is 1. The Balaban J connectivity index is 2.48. The molecule has 0 spiro atoms. The van der Waals surface area contributed by atoms with Gasteiger partial charge in [-0.25, -0.2) is 13.2 Å². The van der Waals surface area contributed by atoms with E-state index in [1.165, 1.54) is 32.4 Å². The van der Waals surface area contributed by atoms with E-state index in [-0.39, 0.29) is 16.1 Å². The molecule has 1 heterocycles. The molecule has 2 rings (SSSR count). The Labute approximate surface area is 152 Å². The molecular formula is C13H12N5O8S-. The predicted octanol–water partition coefficient (Wildman–Crippen LogP) is 0.901. The van der Waals surface area contributed by atoms with Gasteiger partial charge < -0.3 is 14.0 Å². The first-order valence-corrected chi connectivity index (χ1v) is 8.31. The molecule has 1 aromatic heterocycles. The number of methoxy groups -OCH3 is 2. The Morgan fingerprint density at radius 2 is 1.74 bits per heavy atom. The van der Waals surface area contributed by atoms with E-state index in [1.54, 1.807) is 0 Å². The molecule has 14 heteroatoms. The molecule has 0 aliphatic rings. The lowest BCUT2D eigenvalue weighted by Crippen LogP contribution is -2.40. The van der Waals surface area contributed by atoms with Gasteiger partial charge in [0, 0.05) is 6.07 Å². The van der Waals surface area contributed by atoms with Crippen LogP contribution in [0.2, 0.25) is 0 Å². The zero-order chi connectivity index (χ0) is 20.2. The Morgan fingerprint density at radius 1 is 1.19 bits per heavy atom. The first-order chi connectivity index (χ1) is 12.7. The molecule has 13 nitrogen and oxygen atoms in total. The Morgan fingerprint density at radius 3 is 2.22 bits per heavy atom. The van der Waals surface area contributed by atoms with Gasteiger partial charge in [0.25, 0.3) is 5.69 Å². The fourth-order valence-electron chi connectivity index (χ4n) is 1.94. The Kier molecular flexibility index (Phi) is 5.72. The van der Waals surface area contributed by atoms with Gasteiger partial charge in [0.05, 0.1) is 25.2 Å². The summed E-state index contributed by atoms with van der Waals surface area (Å²) in [6.45, 7) is 0. The molecule has 0 aliphatic carbocycles. The van der Waals surface area contributed by atoms with Crippen molar-refractivity contribution in [3.63, 3.8) is 0 Å². The minimum atomic E-state index is -5.48. The van der Waals surface area contributed by atoms with Gasteiger partial charge in [-0.3, -0.25) is 15.4 Å². The second kappa shape index (κ2) is 7.79. The average Bonchev–Trinajstić information content (AvgIpc) is 2.60. The van der Waals surface area contributed by atoms with E-state index in [1.807, 2.05) is 5.32 Å². The number of amides is 2. The summed E-state index contributed by atoms with van der Waals surface area (Å²) in [4.78, 5) is 30.0. The monoisotopic (exact) mass is 398 g/mol. The number of para-hydroxylation sites is 2. The van der Waals surface area contributed by atoms with Crippen LogP contribution in [0.15, 0.2) is 30.3 Å². The van der Waals surface area contributed by atoms with E-state index in [4.69, 9.17) is 9.47 Å². The van der Waals surface area contributed by atoms with Crippen LogP contribution in [0, 0.1) is 10.1 Å². The minimum absolute atomic E-state index is 0.0284. The van der Waals surface area contributed by atoms with Crippen molar-refractivity contribution < 1.29 is 32.2 Å². The second-order valence-corrected chi connectivity index (χ2v) is 5.89. The molecule has 0 unspecified atom stereocenters. The number of aromatic nitrogens is 2. The zero-order valence-electron chi connectivity index (χ0n) is 13.8. The van der Waals surface area contributed by atoms with Crippen molar-refractivity contribution in [2.75, 3.05) is 23.8 Å². The third-order valence-corrected chi connectivity index (χ3v) is 3.83. The number of nitrogens with one attached hydrogen (secondary N) is 1. The Bertz CT molecular complexity index is 958. The maximum Gasteiger partial charge on any atom is 0.342 e. The number of carbonyl (C=O) groups excluding carboxylic acids is 1. The van der Waals surface area contributed by atoms with Gasteiger partial charge in [0.1, 0.15) is 5.69 Å². The molecule has 144 valence electrons. The topological polar surface area (TPSA) is 177 Å². The van der Waals surface area contributed by atoms with E-state index < -0.39 is 38.6 Å². The fraction of sp³-hybridized carbons (Fsp3) is 0.154. The van der Waals surface area contributed by atoms with Crippen LogP contribution < -0.4 is 19.1 Å². The highest BCUT2D eigenvalue weighted by Crippen LogP contribution is 2.30. The van der Waals surface area contributed by atoms with Gasteiger partial charge in [-0.2, -0.15) is 14.3 Å². The first-order valence-electron chi connectivity index (χ1n) is 6.95. The SMILES string of the molecule is COc1cc(OC)nc(NC(=O)N(c2ccccc2[N+](=O)[O-])S(=O)(=O)[O-])n1. The van der Waals surface area contributed by atoms with E-state index >= 15 is 0 Å². The van der Waals surface area contributed by atoms with Gasteiger partial charge in [0.2, 0.25) is 17.7 Å². The fourth-order valence-corrected chi connectivity index (χ4v) is 2.58. The third kappa shape index (κ3) is 4.56. The Hall–Kier alpha value is -3.52. The standard InChI is InChI=1S/C13H13N5O8S/c1-25-10-7-11(26-2)15-12(14-10)16-13(19)17(27(22,23)24)8-5-3-4-6-9(8)18(20)21/h3-7H,1-2H3,(H,22,23,24)(H,14,15,16,19)/p-1. The van der Waals surface area contributed by atoms with E-state index in [9.17, 15) is 27.9 Å². The van der Waals surface area contributed by atoms with Crippen molar-refractivity contribution in [3.8, 4) is 11.8 Å². The quantitative estimate of drug-likeness (QED) is 0.417. The second-order valence-electron chi connectivity index (χ2n) is 4.67. The highest BCUT2D eigenvalue weighted by molar-refractivity contribution is 7.88. The van der Waals surface area contributed by atoms with Crippen LogP contribution in [-0.2, 0) is 10.3 Å². The van der Waals surface area contributed by atoms with Gasteiger partial charge in [-0.05, 0) is 6.07 Å². The molecule has 2 aromatic rings. The summed E-state index contributed by atoms with van der Waals surface area (Å²) in [5.41, 5.74) is -1.51. The number of ether oxygens (including phenoxy) is 2. The van der Waals surface area contributed by atoms with E-state index in [0.717, 1.165) is 12.1 Å². The van der Waals surface area contributed by atoms with Crippen molar-refractivity contribution in [3.05, 3.63) is 40.4 Å². The number of nitro benzene ring substituents is 1. The van der Waals surface area contributed by atoms with Gasteiger partial charge in [-0.1, -0.05) is 12.1 Å². The molecule has 1 N–H and O–H groups in total. The van der Waals surface area contributed by atoms with E-state index in [2.05, 4.69) is 9.97 Å². The van der Waals surface area contributed by atoms with Gasteiger partial charge >= 0.3 is 6.03 Å². The van der Waals surface area contributed by atoms with Gasteiger partial charge in [-0.15, -0.1) is 0 Å². The molecule has 0 bridgehead atoms. The van der Waals surface area contributed by atoms with Crippen molar-refractivity contribution in [1.82, 2.24) is 9.97 Å². The molecule has 0 saturated heterocycles. The molecule has 2 amide bonds. The van der Waals surface area contributed by atoms with Crippen LogP contribution >= 0.6 is 0 Å². The number of rotatable bonds is 6. The zero-order valence-corrected chi connectivity index (χ0v) is 14.7. The summed E-state index contributed by atoms with van der Waals surface area (Å²) < 4.78 is 44.2. The summed E-state index contributed by atoms with van der Waals surface area (Å²) in [5, 5.41) is 13.1. The van der Waals surface area contributed by atoms with Crippen molar-refractivity contribution in [2.45, 2.75) is 0 Å². The lowest BCUT2D eigenvalue weighted by Gasteiger charge is -2.24. The third-order valence-electron chi connectivity index (χ3n) is 3.02. The number of nitro groups is 1. The predicted molar refractivity (Wildman–Crippen MR) is 89.4 cm³/mol. The number of hydrogen-bond donors (Lipinski definition) is 1. The largest absolute Gasteiger partial charge is 0.730 e. The molecule has 0 fully saturated rings. The van der Waals surface area contributed by atoms with Crippen LogP contribution in [0.1, 0.15) is 0 Å². The summed E-state index contributed by atoms with van der Waals surface area (Å²) in [7, 11) is -2.93. The van der Waals surface area contributed by atoms with Gasteiger partial charge in [0.15, 0.2) is 10.3 Å². The first kappa shape index (κ1) is 19.8. The number of hydrogen-bond acceptors (Lipinski definition) is 10. The molecule has 0 atom stereocenters. The number of urea groups is 1. The maximum atomic E-state index is 12.4. The molecule has 0 saturated carbocycles. The summed E-state index contributed by atoms with van der Waals surface area (Å²) >= 11 is 0. The summed E-state index contributed by atoms with van der Waals surface area (Å²) in [6, 6.07) is 4.07. The van der Waals surface area contributed by atoms with Crippen LogP contribution in [0.25, 0.3) is 0 Å². The van der Waals surface area contributed by atoms with Crippen molar-refractivity contribution >= 4 is 33.7 Å². The average molecular weight is 398 g/mol. The highest BCUT2D eigenvalue weighted by Gasteiger charge is 2.29. The van der Waals surface area contributed by atoms with E-state index in [0.29, 0.717) is 0 Å². The normalized spacial score (nSPS) is 10.8. The summed E-state index contributed by atoms with van der Waals surface area (Å²) in [6.07, 6.45) is 0. The van der Waals surface area contributed by atoms with Crippen molar-refractivity contribution in [2.24, 2.45) is 0 Å². The van der Waals surface area contributed by atoms with Crippen LogP contribution in [0.3, 0.4) is 0 Å². The lowest BCUT2D eigenvalue weighted by atomic mass is 10.3. The van der Waals surface area contributed by atoms with Crippen LogP contribution in [-0.4, -0.2) is 48.1 Å². The smallest absolute Gasteiger partial charge is 0.342 e. The lowest BCUT2D eigenvalue weighted by molar-refractivity contribution is -0.384. The summed E-state index contributed by atoms with van der Waals surface area (Å²) in [5.74, 6) is -0.512. The minimum Gasteiger partial charge on any atom is -0.730 e. The number of nitrogens with zero attached hydrogens (tertiary/aromatic N) is 4. The number of anilines is 2. The van der Waals surface area contributed by atoms with Crippen LogP contribution in [0.5, 0.6) is 11.8 Å². The molecule has 1 aromatic carbocycles. The highest BCUT2D eigenvalue weighted by atomic mass is 32.2. The maximum absolute atomic E-state index is 12.4. The molecule has 27 heavy (non-hydrogen) atoms. The van der Waals surface area contributed by atoms with Crippen LogP contribution in [0.4, 0.5) is 22.1 Å². The molecular weight excluding hydrogens is 386 g/mol. The molecule has 0 aliphatic heterocycles. The number of benzene rings is 1. The molecule has 0 radical (unpaired) electrons.